The van der Waals surface area contributed by atoms with Gasteiger partial charge < -0.3 is 14.6 Å². The summed E-state index contributed by atoms with van der Waals surface area (Å²) in [7, 11) is 1.47. The standard InChI is InChI=1S/C12H18F3N3O2/c1-4-10(2,19-3)8-17-9(20-18-8)11(12(13,14)15)5-6-16-7-11/h16H,4-7H2,1-3H3. The van der Waals surface area contributed by atoms with Crippen LogP contribution < -0.4 is 5.32 Å². The maximum Gasteiger partial charge on any atom is 0.404 e. The first-order valence-electron chi connectivity index (χ1n) is 6.46. The third-order valence-electron chi connectivity index (χ3n) is 4.13. The molecule has 1 aromatic heterocycles. The van der Waals surface area contributed by atoms with Crippen molar-refractivity contribution in [1.29, 1.82) is 0 Å². The normalized spacial score (nSPS) is 26.7. The Kier molecular flexibility index (Phi) is 3.81. The van der Waals surface area contributed by atoms with E-state index in [1.54, 1.807) is 6.92 Å². The number of hydrogen-bond donors (Lipinski definition) is 1. The molecule has 0 aromatic carbocycles. The summed E-state index contributed by atoms with van der Waals surface area (Å²) in [4.78, 5) is 3.98. The Morgan fingerprint density at radius 1 is 1.45 bits per heavy atom. The van der Waals surface area contributed by atoms with Crippen LogP contribution in [0.3, 0.4) is 0 Å². The fourth-order valence-electron chi connectivity index (χ4n) is 2.26. The SMILES string of the molecule is CCC(C)(OC)c1noc(C2(C(F)(F)F)CCNC2)n1. The topological polar surface area (TPSA) is 60.2 Å². The molecule has 0 saturated carbocycles. The van der Waals surface area contributed by atoms with Gasteiger partial charge in [-0.2, -0.15) is 18.2 Å². The Bertz CT molecular complexity index is 463. The van der Waals surface area contributed by atoms with E-state index in [0.717, 1.165) is 0 Å². The molecule has 0 spiro atoms. The summed E-state index contributed by atoms with van der Waals surface area (Å²) in [6.07, 6.45) is -4.01. The van der Waals surface area contributed by atoms with Gasteiger partial charge in [0.2, 0.25) is 11.7 Å². The van der Waals surface area contributed by atoms with Gasteiger partial charge in [0.1, 0.15) is 5.60 Å². The van der Waals surface area contributed by atoms with E-state index in [2.05, 4.69) is 15.5 Å². The van der Waals surface area contributed by atoms with Crippen molar-refractivity contribution < 1.29 is 22.4 Å². The highest BCUT2D eigenvalue weighted by Gasteiger charge is 2.61. The van der Waals surface area contributed by atoms with Gasteiger partial charge in [0.25, 0.3) is 0 Å². The van der Waals surface area contributed by atoms with Crippen molar-refractivity contribution in [2.24, 2.45) is 0 Å². The van der Waals surface area contributed by atoms with Gasteiger partial charge in [-0.15, -0.1) is 0 Å². The number of hydrogen-bond acceptors (Lipinski definition) is 5. The second kappa shape index (κ2) is 5.00. The van der Waals surface area contributed by atoms with Crippen LogP contribution in [0.15, 0.2) is 4.52 Å². The minimum atomic E-state index is -4.43. The quantitative estimate of drug-likeness (QED) is 0.921. The van der Waals surface area contributed by atoms with Gasteiger partial charge in [-0.1, -0.05) is 12.1 Å². The zero-order chi connectivity index (χ0) is 15.0. The maximum absolute atomic E-state index is 13.4. The van der Waals surface area contributed by atoms with E-state index in [-0.39, 0.29) is 31.2 Å². The highest BCUT2D eigenvalue weighted by molar-refractivity contribution is 5.15. The molecule has 1 fully saturated rings. The van der Waals surface area contributed by atoms with Crippen molar-refractivity contribution in [3.05, 3.63) is 11.7 Å². The number of nitrogens with zero attached hydrogens (tertiary/aromatic N) is 2. The molecule has 8 heteroatoms. The maximum atomic E-state index is 13.4. The van der Waals surface area contributed by atoms with Gasteiger partial charge >= 0.3 is 6.18 Å². The van der Waals surface area contributed by atoms with Crippen LogP contribution in [0.25, 0.3) is 0 Å². The van der Waals surface area contributed by atoms with Crippen molar-refractivity contribution in [1.82, 2.24) is 15.5 Å². The summed E-state index contributed by atoms with van der Waals surface area (Å²) in [5, 5.41) is 6.41. The molecule has 0 amide bonds. The average molecular weight is 293 g/mol. The summed E-state index contributed by atoms with van der Waals surface area (Å²) in [5.74, 6) is -0.241. The summed E-state index contributed by atoms with van der Waals surface area (Å²) < 4.78 is 50.3. The molecule has 1 aliphatic rings. The zero-order valence-electron chi connectivity index (χ0n) is 11.7. The van der Waals surface area contributed by atoms with Crippen LogP contribution in [0, 0.1) is 0 Å². The molecule has 0 bridgehead atoms. The second-order valence-corrected chi connectivity index (χ2v) is 5.22. The molecule has 0 radical (unpaired) electrons. The van der Waals surface area contributed by atoms with Gasteiger partial charge in [-0.25, -0.2) is 0 Å². The molecule has 1 saturated heterocycles. The van der Waals surface area contributed by atoms with Crippen LogP contribution in [-0.2, 0) is 15.8 Å². The Morgan fingerprint density at radius 3 is 2.60 bits per heavy atom. The summed E-state index contributed by atoms with van der Waals surface area (Å²) in [6.45, 7) is 3.59. The van der Waals surface area contributed by atoms with Crippen molar-refractivity contribution >= 4 is 0 Å². The fourth-order valence-corrected chi connectivity index (χ4v) is 2.26. The van der Waals surface area contributed by atoms with Crippen molar-refractivity contribution in [3.63, 3.8) is 0 Å². The number of halogens is 3. The highest BCUT2D eigenvalue weighted by Crippen LogP contribution is 2.45. The van der Waals surface area contributed by atoms with Crippen LogP contribution in [0.2, 0.25) is 0 Å². The second-order valence-electron chi connectivity index (χ2n) is 5.22. The first kappa shape index (κ1) is 15.2. The van der Waals surface area contributed by atoms with Gasteiger partial charge in [-0.05, 0) is 26.3 Å². The fraction of sp³-hybridized carbons (Fsp3) is 0.833. The molecule has 2 rings (SSSR count). The Labute approximate surface area is 114 Å². The third kappa shape index (κ3) is 2.20. The van der Waals surface area contributed by atoms with E-state index in [1.807, 2.05) is 6.92 Å². The zero-order valence-corrected chi connectivity index (χ0v) is 11.7. The van der Waals surface area contributed by atoms with E-state index in [9.17, 15) is 13.2 Å². The van der Waals surface area contributed by atoms with Crippen molar-refractivity contribution in [2.45, 2.75) is 43.9 Å². The molecule has 2 unspecified atom stereocenters. The molecule has 20 heavy (non-hydrogen) atoms. The van der Waals surface area contributed by atoms with Crippen molar-refractivity contribution in [3.8, 4) is 0 Å². The number of methoxy groups -OCH3 is 1. The molecule has 2 atom stereocenters. The van der Waals surface area contributed by atoms with E-state index < -0.39 is 17.2 Å². The van der Waals surface area contributed by atoms with E-state index in [1.165, 1.54) is 7.11 Å². The summed E-state index contributed by atoms with van der Waals surface area (Å²) in [5.41, 5.74) is -2.94. The van der Waals surface area contributed by atoms with Crippen molar-refractivity contribution in [2.75, 3.05) is 20.2 Å². The Balaban J connectivity index is 2.41. The molecule has 5 nitrogen and oxygen atoms in total. The largest absolute Gasteiger partial charge is 0.404 e. The number of nitrogens with one attached hydrogen (secondary N) is 1. The smallest absolute Gasteiger partial charge is 0.370 e. The van der Waals surface area contributed by atoms with E-state index in [4.69, 9.17) is 9.26 Å². The van der Waals surface area contributed by atoms with E-state index >= 15 is 0 Å². The molecule has 1 aliphatic heterocycles. The lowest BCUT2D eigenvalue weighted by Gasteiger charge is -2.26. The van der Waals surface area contributed by atoms with Gasteiger partial charge in [0.15, 0.2) is 5.41 Å². The first-order valence-corrected chi connectivity index (χ1v) is 6.46. The number of ether oxygens (including phenoxy) is 1. The minimum Gasteiger partial charge on any atom is -0.370 e. The minimum absolute atomic E-state index is 0.103. The molecule has 114 valence electrons. The molecular formula is C12H18F3N3O2. The third-order valence-corrected chi connectivity index (χ3v) is 4.13. The van der Waals surface area contributed by atoms with E-state index in [0.29, 0.717) is 6.42 Å². The lowest BCUT2D eigenvalue weighted by molar-refractivity contribution is -0.191. The molecule has 1 N–H and O–H groups in total. The first-order chi connectivity index (χ1) is 9.29. The number of aromatic nitrogens is 2. The lowest BCUT2D eigenvalue weighted by atomic mass is 9.86. The monoisotopic (exact) mass is 293 g/mol. The summed E-state index contributed by atoms with van der Waals surface area (Å²) in [6, 6.07) is 0. The molecule has 1 aromatic rings. The van der Waals surface area contributed by atoms with Crippen LogP contribution in [0.5, 0.6) is 0 Å². The Morgan fingerprint density at radius 2 is 2.15 bits per heavy atom. The lowest BCUT2D eigenvalue weighted by Crippen LogP contribution is -2.44. The highest BCUT2D eigenvalue weighted by atomic mass is 19.4. The van der Waals surface area contributed by atoms with Crippen LogP contribution >= 0.6 is 0 Å². The molecule has 0 aliphatic carbocycles. The molecular weight excluding hydrogens is 275 g/mol. The number of rotatable bonds is 4. The van der Waals surface area contributed by atoms with Gasteiger partial charge in [0.05, 0.1) is 0 Å². The van der Waals surface area contributed by atoms with Crippen LogP contribution in [0.4, 0.5) is 13.2 Å². The number of alkyl halides is 3. The Hall–Kier alpha value is -1.15. The summed E-state index contributed by atoms with van der Waals surface area (Å²) >= 11 is 0. The van der Waals surface area contributed by atoms with Gasteiger partial charge in [0, 0.05) is 13.7 Å². The average Bonchev–Trinajstić information content (AvgIpc) is 3.05. The van der Waals surface area contributed by atoms with Gasteiger partial charge in [-0.3, -0.25) is 0 Å². The predicted molar refractivity (Wildman–Crippen MR) is 64.2 cm³/mol. The van der Waals surface area contributed by atoms with Crippen LogP contribution in [-0.4, -0.2) is 36.5 Å². The van der Waals surface area contributed by atoms with Crippen LogP contribution in [0.1, 0.15) is 38.4 Å². The predicted octanol–water partition coefficient (Wildman–Crippen LogP) is 2.13. The molecule has 2 heterocycles.